The molecule has 0 saturated heterocycles. The minimum Gasteiger partial charge on any atom is -0.393 e. The van der Waals surface area contributed by atoms with E-state index in [-0.39, 0.29) is 11.6 Å². The maximum Gasteiger partial charge on any atom is 0.0526 e. The molecule has 0 bridgehead atoms. The zero-order chi connectivity index (χ0) is 12.2. The highest BCUT2D eigenvalue weighted by Crippen LogP contribution is 2.32. The molecule has 4 N–H and O–H groups in total. The minimum atomic E-state index is -0.238. The lowest BCUT2D eigenvalue weighted by molar-refractivity contribution is 0.136. The Labute approximate surface area is 99.8 Å². The Kier molecular flexibility index (Phi) is 5.22. The topological polar surface area (TPSA) is 58.3 Å². The van der Waals surface area contributed by atoms with Crippen LogP contribution in [0.2, 0.25) is 0 Å². The fourth-order valence-electron chi connectivity index (χ4n) is 3.13. The molecule has 0 aromatic rings. The zero-order valence-corrected chi connectivity index (χ0v) is 11.0. The molecule has 0 heterocycles. The molecule has 1 saturated carbocycles. The van der Waals surface area contributed by atoms with Crippen LogP contribution in [-0.4, -0.2) is 29.3 Å². The number of nitrogens with one attached hydrogen (secondary N) is 1. The van der Waals surface area contributed by atoms with Gasteiger partial charge in [-0.3, -0.25) is 0 Å². The van der Waals surface area contributed by atoms with Gasteiger partial charge in [-0.05, 0) is 39.0 Å². The first-order valence-corrected chi connectivity index (χ1v) is 6.63. The van der Waals surface area contributed by atoms with Gasteiger partial charge in [-0.2, -0.15) is 0 Å². The summed E-state index contributed by atoms with van der Waals surface area (Å²) in [5, 5.41) is 13.0. The maximum atomic E-state index is 9.39. The van der Waals surface area contributed by atoms with Crippen LogP contribution in [0.5, 0.6) is 0 Å². The van der Waals surface area contributed by atoms with Crippen LogP contribution >= 0.6 is 0 Å². The molecule has 1 rings (SSSR count). The van der Waals surface area contributed by atoms with Gasteiger partial charge in [-0.25, -0.2) is 0 Å². The summed E-state index contributed by atoms with van der Waals surface area (Å²) >= 11 is 0. The Morgan fingerprint density at radius 1 is 1.50 bits per heavy atom. The molecule has 0 aliphatic heterocycles. The van der Waals surface area contributed by atoms with Gasteiger partial charge in [0, 0.05) is 18.1 Å². The fourth-order valence-corrected chi connectivity index (χ4v) is 3.13. The monoisotopic (exact) mass is 228 g/mol. The average Bonchev–Trinajstić information content (AvgIpc) is 2.16. The van der Waals surface area contributed by atoms with Crippen molar-refractivity contribution in [3.8, 4) is 0 Å². The summed E-state index contributed by atoms with van der Waals surface area (Å²) in [6, 6.07) is 0.342. The smallest absolute Gasteiger partial charge is 0.0526 e. The van der Waals surface area contributed by atoms with Gasteiger partial charge in [0.15, 0.2) is 0 Å². The van der Waals surface area contributed by atoms with E-state index in [9.17, 15) is 5.11 Å². The molecule has 0 aromatic carbocycles. The number of hydrogen-bond donors (Lipinski definition) is 3. The first-order chi connectivity index (χ1) is 7.47. The van der Waals surface area contributed by atoms with Crippen molar-refractivity contribution < 1.29 is 5.11 Å². The molecule has 0 amide bonds. The van der Waals surface area contributed by atoms with Crippen LogP contribution in [0.15, 0.2) is 0 Å². The third-order valence-electron chi connectivity index (χ3n) is 3.73. The lowest BCUT2D eigenvalue weighted by Gasteiger charge is -2.42. The van der Waals surface area contributed by atoms with Gasteiger partial charge in [-0.1, -0.05) is 19.8 Å². The Morgan fingerprint density at radius 2 is 2.19 bits per heavy atom. The second kappa shape index (κ2) is 5.99. The van der Waals surface area contributed by atoms with Gasteiger partial charge in [-0.15, -0.1) is 0 Å². The molecule has 1 aliphatic rings. The van der Waals surface area contributed by atoms with Crippen LogP contribution in [-0.2, 0) is 0 Å². The summed E-state index contributed by atoms with van der Waals surface area (Å²) in [4.78, 5) is 0. The van der Waals surface area contributed by atoms with Crippen molar-refractivity contribution in [3.05, 3.63) is 0 Å². The minimum absolute atomic E-state index is 0.117. The van der Waals surface area contributed by atoms with E-state index < -0.39 is 0 Å². The number of nitrogens with two attached hydrogens (primary N) is 1. The standard InChI is InChI=1S/C13H28N2O/c1-10-5-4-6-13(8-10,9-14)15-11(2)7-12(3)16/h10-12,15-16H,4-9,14H2,1-3H3. The third kappa shape index (κ3) is 4.04. The van der Waals surface area contributed by atoms with E-state index >= 15 is 0 Å². The summed E-state index contributed by atoms with van der Waals surface area (Å²) in [5.74, 6) is 0.767. The number of rotatable bonds is 5. The Bertz CT molecular complexity index is 208. The molecule has 1 fully saturated rings. The largest absolute Gasteiger partial charge is 0.393 e. The van der Waals surface area contributed by atoms with Gasteiger partial charge in [0.05, 0.1) is 6.10 Å². The zero-order valence-electron chi connectivity index (χ0n) is 11.0. The van der Waals surface area contributed by atoms with Crippen LogP contribution in [0.25, 0.3) is 0 Å². The molecule has 4 unspecified atom stereocenters. The summed E-state index contributed by atoms with van der Waals surface area (Å²) in [6.07, 6.45) is 5.52. The van der Waals surface area contributed by atoms with E-state index in [1.807, 2.05) is 6.92 Å². The SMILES string of the molecule is CC(O)CC(C)NC1(CN)CCCC(C)C1. The summed E-state index contributed by atoms with van der Waals surface area (Å²) in [7, 11) is 0. The highest BCUT2D eigenvalue weighted by molar-refractivity contribution is 4.95. The van der Waals surface area contributed by atoms with Crippen LogP contribution in [0.4, 0.5) is 0 Å². The maximum absolute atomic E-state index is 9.39. The molecule has 96 valence electrons. The second-order valence-electron chi connectivity index (χ2n) is 5.82. The van der Waals surface area contributed by atoms with Crippen LogP contribution in [0.3, 0.4) is 0 Å². The quantitative estimate of drug-likeness (QED) is 0.670. The lowest BCUT2D eigenvalue weighted by atomic mass is 9.76. The van der Waals surface area contributed by atoms with Crippen LogP contribution in [0.1, 0.15) is 52.9 Å². The highest BCUT2D eigenvalue weighted by atomic mass is 16.3. The predicted molar refractivity (Wildman–Crippen MR) is 68.3 cm³/mol. The first-order valence-electron chi connectivity index (χ1n) is 6.63. The second-order valence-corrected chi connectivity index (χ2v) is 5.82. The van der Waals surface area contributed by atoms with Gasteiger partial charge in [0.2, 0.25) is 0 Å². The average molecular weight is 228 g/mol. The molecular weight excluding hydrogens is 200 g/mol. The number of hydrogen-bond acceptors (Lipinski definition) is 3. The molecule has 16 heavy (non-hydrogen) atoms. The van der Waals surface area contributed by atoms with Gasteiger partial charge in [0.25, 0.3) is 0 Å². The Morgan fingerprint density at radius 3 is 2.69 bits per heavy atom. The van der Waals surface area contributed by atoms with Gasteiger partial charge >= 0.3 is 0 Å². The van der Waals surface area contributed by atoms with Crippen molar-refractivity contribution in [2.75, 3.05) is 6.54 Å². The predicted octanol–water partition coefficient (Wildman–Crippen LogP) is 1.64. The summed E-state index contributed by atoms with van der Waals surface area (Å²) < 4.78 is 0. The van der Waals surface area contributed by atoms with E-state index in [1.165, 1.54) is 25.7 Å². The van der Waals surface area contributed by atoms with E-state index in [2.05, 4.69) is 19.2 Å². The fraction of sp³-hybridized carbons (Fsp3) is 1.00. The summed E-state index contributed by atoms with van der Waals surface area (Å²) in [6.45, 7) is 7.01. The molecule has 3 nitrogen and oxygen atoms in total. The van der Waals surface area contributed by atoms with Crippen molar-refractivity contribution in [1.82, 2.24) is 5.32 Å². The molecule has 0 radical (unpaired) electrons. The van der Waals surface area contributed by atoms with Crippen molar-refractivity contribution in [2.45, 2.75) is 70.6 Å². The van der Waals surface area contributed by atoms with E-state index in [1.54, 1.807) is 0 Å². The molecule has 0 spiro atoms. The molecule has 1 aliphatic carbocycles. The van der Waals surface area contributed by atoms with Crippen molar-refractivity contribution in [3.63, 3.8) is 0 Å². The van der Waals surface area contributed by atoms with Gasteiger partial charge < -0.3 is 16.2 Å². The summed E-state index contributed by atoms with van der Waals surface area (Å²) in [5.41, 5.74) is 6.07. The first kappa shape index (κ1) is 13.9. The van der Waals surface area contributed by atoms with Crippen molar-refractivity contribution >= 4 is 0 Å². The van der Waals surface area contributed by atoms with Gasteiger partial charge in [0.1, 0.15) is 0 Å². The number of aliphatic hydroxyl groups excluding tert-OH is 1. The number of aliphatic hydroxyl groups is 1. The van der Waals surface area contributed by atoms with E-state index in [0.717, 1.165) is 12.3 Å². The molecule has 4 atom stereocenters. The molecular formula is C13H28N2O. The van der Waals surface area contributed by atoms with Crippen molar-refractivity contribution in [2.24, 2.45) is 11.7 Å². The highest BCUT2D eigenvalue weighted by Gasteiger charge is 2.34. The lowest BCUT2D eigenvalue weighted by Crippen LogP contribution is -2.57. The van der Waals surface area contributed by atoms with Crippen molar-refractivity contribution in [1.29, 1.82) is 0 Å². The normalized spacial score (nSPS) is 34.7. The van der Waals surface area contributed by atoms with E-state index in [0.29, 0.717) is 12.6 Å². The Hall–Kier alpha value is -0.120. The van der Waals surface area contributed by atoms with Crippen LogP contribution < -0.4 is 11.1 Å². The molecule has 0 aromatic heterocycles. The van der Waals surface area contributed by atoms with Crippen LogP contribution in [0, 0.1) is 5.92 Å². The molecule has 3 heteroatoms. The third-order valence-corrected chi connectivity index (χ3v) is 3.73. The Balaban J connectivity index is 2.52. The van der Waals surface area contributed by atoms with E-state index in [4.69, 9.17) is 5.73 Å².